The molecule has 1 aromatic heterocycles. The Balaban J connectivity index is 1.14. The van der Waals surface area contributed by atoms with Crippen molar-refractivity contribution < 1.29 is 56.6 Å². The van der Waals surface area contributed by atoms with Gasteiger partial charge >= 0.3 is 24.2 Å². The Morgan fingerprint density at radius 2 is 0.979 bits per heavy atom. The average Bonchev–Trinajstić information content (AvgIpc) is 1.58. The number of benzene rings is 6. The first-order valence-electron chi connectivity index (χ1n) is 33.4. The molecule has 0 saturated heterocycles. The van der Waals surface area contributed by atoms with E-state index in [1.165, 1.54) is 12.1 Å². The van der Waals surface area contributed by atoms with E-state index in [-0.39, 0.29) is 19.0 Å². The highest BCUT2D eigenvalue weighted by molar-refractivity contribution is 6.09. The quantitative estimate of drug-likeness (QED) is 0.0352. The van der Waals surface area contributed by atoms with Crippen LogP contribution in [0.4, 0.5) is 19.7 Å². The van der Waals surface area contributed by atoms with E-state index in [1.807, 2.05) is 113 Å². The maximum Gasteiger partial charge on any atom is 0.514 e. The van der Waals surface area contributed by atoms with Crippen molar-refractivity contribution in [3.05, 3.63) is 213 Å². The van der Waals surface area contributed by atoms with Gasteiger partial charge in [0.1, 0.15) is 41.7 Å². The summed E-state index contributed by atoms with van der Waals surface area (Å²) in [6.07, 6.45) is 6.84. The number of hydrogen-bond acceptors (Lipinski definition) is 11. The Bertz CT molecular complexity index is 4040. The number of nitrogens with zero attached hydrogens (tertiary/aromatic N) is 3. The molecule has 0 radical (unpaired) electrons. The predicted molar refractivity (Wildman–Crippen MR) is 384 cm³/mol. The first-order chi connectivity index (χ1) is 44.8. The molecule has 0 atom stereocenters. The molecule has 0 fully saturated rings. The lowest BCUT2D eigenvalue weighted by atomic mass is 9.78. The van der Waals surface area contributed by atoms with Crippen LogP contribution in [-0.4, -0.2) is 89.7 Å². The van der Waals surface area contributed by atoms with Crippen LogP contribution in [0.1, 0.15) is 198 Å². The van der Waals surface area contributed by atoms with Crippen molar-refractivity contribution in [2.75, 3.05) is 44.3 Å². The monoisotopic (exact) mass is 1300 g/mol. The second kappa shape index (κ2) is 29.1. The van der Waals surface area contributed by atoms with Crippen molar-refractivity contribution in [2.24, 2.45) is 0 Å². The molecule has 508 valence electrons. The third-order valence-electron chi connectivity index (χ3n) is 16.5. The number of esters is 2. The van der Waals surface area contributed by atoms with Crippen molar-refractivity contribution in [2.45, 2.75) is 178 Å². The molecule has 14 heteroatoms. The van der Waals surface area contributed by atoms with E-state index < -0.39 is 57.1 Å². The molecule has 13 nitrogen and oxygen atoms in total. The number of carbonyl (C=O) groups is 4. The van der Waals surface area contributed by atoms with Gasteiger partial charge in [-0.05, 0) is 184 Å². The van der Waals surface area contributed by atoms with Gasteiger partial charge in [-0.2, -0.15) is 0 Å². The van der Waals surface area contributed by atoms with E-state index in [1.54, 1.807) is 65.8 Å². The highest BCUT2D eigenvalue weighted by Crippen LogP contribution is 2.46. The molecule has 1 aliphatic rings. The molecule has 7 aromatic rings. The van der Waals surface area contributed by atoms with Gasteiger partial charge in [-0.15, -0.1) is 0 Å². The van der Waals surface area contributed by atoms with Crippen LogP contribution < -0.4 is 14.4 Å². The number of halogens is 1. The van der Waals surface area contributed by atoms with Crippen molar-refractivity contribution in [3.63, 3.8) is 0 Å². The second-order valence-corrected chi connectivity index (χ2v) is 30.7. The smallest absolute Gasteiger partial charge is 0.460 e. The molecule has 96 heavy (non-hydrogen) atoms. The Morgan fingerprint density at radius 3 is 1.43 bits per heavy atom. The number of allylic oxidation sites excluding steroid dienone is 5. The van der Waals surface area contributed by atoms with Crippen LogP contribution >= 0.6 is 0 Å². The summed E-state index contributed by atoms with van der Waals surface area (Å²) >= 11 is 0. The molecule has 0 N–H and O–H groups in total. The summed E-state index contributed by atoms with van der Waals surface area (Å²) in [7, 11) is 0. The van der Waals surface area contributed by atoms with Crippen LogP contribution in [0.15, 0.2) is 157 Å². The van der Waals surface area contributed by atoms with Gasteiger partial charge in [0.25, 0.3) is 0 Å². The minimum atomic E-state index is -0.817. The Morgan fingerprint density at radius 1 is 0.521 bits per heavy atom. The van der Waals surface area contributed by atoms with Crippen LogP contribution in [-0.2, 0) is 47.2 Å². The van der Waals surface area contributed by atoms with E-state index in [0.717, 1.165) is 61.4 Å². The number of likely N-dealkylation sites (N-methyl/N-ethyl adjacent to an activating group) is 2. The average molecular weight is 1310 g/mol. The lowest BCUT2D eigenvalue weighted by molar-refractivity contribution is -0.524. The van der Waals surface area contributed by atoms with Crippen molar-refractivity contribution in [3.8, 4) is 22.8 Å². The Hall–Kier alpha value is -9.04. The van der Waals surface area contributed by atoms with Crippen molar-refractivity contribution in [1.29, 1.82) is 0 Å². The Kier molecular flexibility index (Phi) is 22.1. The first kappa shape index (κ1) is 72.8. The highest BCUT2D eigenvalue weighted by Gasteiger charge is 2.35. The van der Waals surface area contributed by atoms with Gasteiger partial charge in [-0.25, -0.2) is 28.1 Å². The largest absolute Gasteiger partial charge is 0.514 e. The molecule has 0 unspecified atom stereocenters. The number of fused-ring (bicyclic) bond motifs is 1. The zero-order valence-corrected chi connectivity index (χ0v) is 60.2. The number of ether oxygens (including phenoxy) is 6. The normalized spacial score (nSPS) is 13.0. The summed E-state index contributed by atoms with van der Waals surface area (Å²) in [4.78, 5) is 56.8. The lowest BCUT2D eigenvalue weighted by Gasteiger charge is -2.30. The molecule has 1 aliphatic carbocycles. The van der Waals surface area contributed by atoms with Crippen molar-refractivity contribution >= 4 is 52.1 Å². The van der Waals surface area contributed by atoms with Crippen molar-refractivity contribution in [1.82, 2.24) is 4.57 Å². The van der Waals surface area contributed by atoms with Gasteiger partial charge in [0, 0.05) is 69.6 Å². The number of hydrogen-bond donors (Lipinski definition) is 0. The molecule has 0 aliphatic heterocycles. The molecule has 0 amide bonds. The fraction of sp³-hybridized carbons (Fsp3) is 0.402. The van der Waals surface area contributed by atoms with Crippen LogP contribution in [0.25, 0.3) is 27.7 Å². The number of para-hydroxylation sites is 1. The fourth-order valence-electron chi connectivity index (χ4n) is 11.8. The number of anilines is 1. The van der Waals surface area contributed by atoms with Gasteiger partial charge in [-0.1, -0.05) is 144 Å². The van der Waals surface area contributed by atoms with E-state index in [9.17, 15) is 23.6 Å². The zero-order chi connectivity index (χ0) is 70.5. The van der Waals surface area contributed by atoms with E-state index in [4.69, 9.17) is 28.4 Å². The third kappa shape index (κ3) is 18.1. The molecule has 0 saturated carbocycles. The number of aromatic nitrogens is 1. The molecule has 0 bridgehead atoms. The number of carbonyl (C=O) groups excluding carboxylic acids is 4. The highest BCUT2D eigenvalue weighted by atomic mass is 19.1. The van der Waals surface area contributed by atoms with Crippen LogP contribution in [0.2, 0.25) is 0 Å². The van der Waals surface area contributed by atoms with Gasteiger partial charge < -0.3 is 37.9 Å². The lowest BCUT2D eigenvalue weighted by Crippen LogP contribution is -2.29. The third-order valence-corrected chi connectivity index (χ3v) is 16.5. The summed E-state index contributed by atoms with van der Waals surface area (Å²) < 4.78 is 54.7. The molecule has 1 heterocycles. The van der Waals surface area contributed by atoms with Gasteiger partial charge in [0.2, 0.25) is 0 Å². The summed E-state index contributed by atoms with van der Waals surface area (Å²) in [5.74, 6) is -0.556. The van der Waals surface area contributed by atoms with Gasteiger partial charge in [-0.3, -0.25) is 0 Å². The van der Waals surface area contributed by atoms with Gasteiger partial charge in [0.15, 0.2) is 18.9 Å². The molecule has 6 aromatic carbocycles. The van der Waals surface area contributed by atoms with E-state index in [0.29, 0.717) is 77.6 Å². The summed E-state index contributed by atoms with van der Waals surface area (Å²) in [6.45, 7) is 41.8. The molecular formula is C82H99FN3O10+. The number of rotatable bonds is 18. The Labute approximate surface area is 568 Å². The summed E-state index contributed by atoms with van der Waals surface area (Å²) in [6, 6.07) is 41.0. The summed E-state index contributed by atoms with van der Waals surface area (Å²) in [5.41, 5.74) is 9.43. The molecule has 0 spiro atoms. The minimum Gasteiger partial charge on any atom is -0.460 e. The topological polar surface area (TPSA) is 135 Å². The maximum atomic E-state index is 15.0. The van der Waals surface area contributed by atoms with E-state index >= 15 is 0 Å². The SMILES string of the molecule is CCN(CCOC(=O)c1cc(C(C)(C)C)c(OC(=O)OC(C)(C)C)c(C(C)(C)C)c1)c1ccc(C(=C2C=CC(=[N+](CC)CCOC(=O)c3cc(C(C)(C)C)c(OC(=O)OC(C)(C)C)c(C(C)(C)C)c3)C=C2)c2c(-c3ccc(F)cc3)n(Cc3ccccc3)c3ccccc23)cc1. The molecular weight excluding hydrogens is 1210 g/mol. The van der Waals surface area contributed by atoms with Crippen LogP contribution in [0.5, 0.6) is 11.5 Å². The standard InChI is InChI=1S/C82H99FN3O10/c1-21-84(44-46-91-73(87)57-48-63(77(3,4)5)71(64(49-57)78(6,7)8)93-75(89)95-81(15,16)17)60-40-34-54(35-41-60)68(69-62-30-26-27-31-67(62)86(52-53-28-24-23-25-29-53)70(69)56-32-38-59(83)39-33-56)55-36-42-61(43-37-55)85(22-2)45-47-92-74(88)58-50-65(79(9,10)11)72(66(51-58)80(12,13)14)94-76(90)96-82(18,19)20/h23-43,48-51H,21-22,44-47,52H2,1-20H3/q+1. The van der Waals surface area contributed by atoms with Gasteiger partial charge in [0.05, 0.1) is 23.4 Å². The van der Waals surface area contributed by atoms with Crippen LogP contribution in [0, 0.1) is 5.82 Å². The first-order valence-corrected chi connectivity index (χ1v) is 33.4. The predicted octanol–water partition coefficient (Wildman–Crippen LogP) is 19.3. The maximum absolute atomic E-state index is 15.0. The second-order valence-electron chi connectivity index (χ2n) is 30.7. The minimum absolute atomic E-state index is 0.0993. The summed E-state index contributed by atoms with van der Waals surface area (Å²) in [5, 5.41) is 1.02. The van der Waals surface area contributed by atoms with Crippen LogP contribution in [0.3, 0.4) is 0 Å². The zero-order valence-electron chi connectivity index (χ0n) is 60.2. The van der Waals surface area contributed by atoms with E-state index in [2.05, 4.69) is 113 Å². The molecule has 8 rings (SSSR count). The fourth-order valence-corrected chi connectivity index (χ4v) is 11.8.